The Kier molecular flexibility index (Phi) is 4.45. The van der Waals surface area contributed by atoms with Gasteiger partial charge in [-0.05, 0) is 32.0 Å². The molecule has 3 rings (SSSR count). The maximum absolute atomic E-state index is 12.5. The molecule has 1 N–H and O–H groups in total. The minimum Gasteiger partial charge on any atom is -0.306 e. The van der Waals surface area contributed by atoms with Crippen LogP contribution in [-0.4, -0.2) is 33.3 Å². The van der Waals surface area contributed by atoms with Crippen LogP contribution in [0.1, 0.15) is 23.0 Å². The third-order valence-electron chi connectivity index (χ3n) is 3.51. The highest BCUT2D eigenvalue weighted by molar-refractivity contribution is 9.10. The average molecular weight is 400 g/mol. The van der Waals surface area contributed by atoms with Crippen LogP contribution in [0, 0.1) is 6.92 Å². The molecule has 0 spiro atoms. The van der Waals surface area contributed by atoms with Crippen LogP contribution in [0.15, 0.2) is 56.9 Å². The molecule has 0 radical (unpaired) electrons. The number of benzene rings is 1. The highest BCUT2D eigenvalue weighted by atomic mass is 79.9. The Morgan fingerprint density at radius 1 is 1.24 bits per heavy atom. The van der Waals surface area contributed by atoms with Crippen molar-refractivity contribution >= 4 is 45.2 Å². The first-order valence-electron chi connectivity index (χ1n) is 7.36. The van der Waals surface area contributed by atoms with Gasteiger partial charge in [-0.1, -0.05) is 28.6 Å². The summed E-state index contributed by atoms with van der Waals surface area (Å²) in [5.74, 6) is -0.319. The molecule has 0 saturated heterocycles. The van der Waals surface area contributed by atoms with E-state index in [1.165, 1.54) is 4.68 Å². The van der Waals surface area contributed by atoms with E-state index >= 15 is 0 Å². The maximum Gasteiger partial charge on any atom is 0.281 e. The van der Waals surface area contributed by atoms with Gasteiger partial charge in [0, 0.05) is 16.1 Å². The fraction of sp³-hybridized carbons (Fsp3) is 0.118. The van der Waals surface area contributed by atoms with Crippen LogP contribution in [0.4, 0.5) is 5.82 Å². The lowest BCUT2D eigenvalue weighted by molar-refractivity contribution is -0.113. The van der Waals surface area contributed by atoms with E-state index in [-0.39, 0.29) is 17.4 Å². The van der Waals surface area contributed by atoms with E-state index < -0.39 is 5.91 Å². The quantitative estimate of drug-likeness (QED) is 0.787. The Bertz CT molecular complexity index is 971. The summed E-state index contributed by atoms with van der Waals surface area (Å²) in [5, 5.41) is 7.04. The predicted octanol–water partition coefficient (Wildman–Crippen LogP) is 2.97. The lowest BCUT2D eigenvalue weighted by Crippen LogP contribution is -2.25. The largest absolute Gasteiger partial charge is 0.306 e. The molecule has 2 heterocycles. The second kappa shape index (κ2) is 6.56. The van der Waals surface area contributed by atoms with Gasteiger partial charge < -0.3 is 5.32 Å². The zero-order chi connectivity index (χ0) is 18.1. The van der Waals surface area contributed by atoms with Crippen molar-refractivity contribution < 1.29 is 9.59 Å². The number of aromatic nitrogens is 2. The molecule has 0 unspecified atom stereocenters. The van der Waals surface area contributed by atoms with Gasteiger partial charge in [0.1, 0.15) is 5.82 Å². The lowest BCUT2D eigenvalue weighted by Gasteiger charge is -2.12. The topological polar surface area (TPSA) is 88.7 Å². The number of amides is 2. The molecular weight excluding hydrogens is 386 g/mol. The zero-order valence-electron chi connectivity index (χ0n) is 13.6. The fourth-order valence-electron chi connectivity index (χ4n) is 2.21. The van der Waals surface area contributed by atoms with Crippen molar-refractivity contribution in [3.05, 3.63) is 58.2 Å². The number of nitrogens with zero attached hydrogens (tertiary/aromatic N) is 4. The molecule has 0 saturated carbocycles. The van der Waals surface area contributed by atoms with Crippen molar-refractivity contribution in [1.29, 1.82) is 0 Å². The van der Waals surface area contributed by atoms with Crippen molar-refractivity contribution in [2.75, 3.05) is 5.32 Å². The van der Waals surface area contributed by atoms with Crippen LogP contribution in [-0.2, 0) is 4.79 Å². The molecule has 2 aromatic rings. The van der Waals surface area contributed by atoms with E-state index in [9.17, 15) is 9.59 Å². The molecule has 25 heavy (non-hydrogen) atoms. The Morgan fingerprint density at radius 2 is 2.00 bits per heavy atom. The Balaban J connectivity index is 1.95. The molecule has 0 fully saturated rings. The van der Waals surface area contributed by atoms with Crippen molar-refractivity contribution in [1.82, 2.24) is 9.78 Å². The van der Waals surface area contributed by atoms with Crippen LogP contribution in [0.3, 0.4) is 0 Å². The van der Waals surface area contributed by atoms with Gasteiger partial charge in [0.15, 0.2) is 0 Å². The second-order valence-corrected chi connectivity index (χ2v) is 6.36. The predicted molar refractivity (Wildman–Crippen MR) is 99.1 cm³/mol. The normalized spacial score (nSPS) is 14.2. The van der Waals surface area contributed by atoms with Gasteiger partial charge in [-0.25, -0.2) is 4.99 Å². The number of hydrogen-bond acceptors (Lipinski definition) is 4. The number of carbonyl (C=O) groups is 2. The standard InChI is InChI=1S/C17H14BrN5O2/c1-9-7-14(20-16(25)12-5-4-6-13(18)8-12)23(22-9)17-19-11(3)10(2)15(24)21-17/h4-8H,2H2,1,3H3,(H,20,25). The number of rotatable bonds is 2. The molecule has 1 aromatic carbocycles. The molecule has 1 aliphatic rings. The van der Waals surface area contributed by atoms with E-state index in [2.05, 4.69) is 42.9 Å². The third-order valence-corrected chi connectivity index (χ3v) is 4.01. The Morgan fingerprint density at radius 3 is 2.68 bits per heavy atom. The minimum atomic E-state index is -0.472. The van der Waals surface area contributed by atoms with Gasteiger partial charge in [-0.3, -0.25) is 9.59 Å². The molecule has 8 heteroatoms. The van der Waals surface area contributed by atoms with Crippen LogP contribution in [0.2, 0.25) is 0 Å². The molecule has 126 valence electrons. The van der Waals surface area contributed by atoms with Crippen LogP contribution in [0.5, 0.6) is 0 Å². The van der Waals surface area contributed by atoms with Gasteiger partial charge in [0.05, 0.1) is 17.0 Å². The van der Waals surface area contributed by atoms with Crippen LogP contribution in [0.25, 0.3) is 0 Å². The fourth-order valence-corrected chi connectivity index (χ4v) is 2.61. The van der Waals surface area contributed by atoms with Gasteiger partial charge in [-0.15, -0.1) is 0 Å². The number of nitrogens with one attached hydrogen (secondary N) is 1. The molecule has 7 nitrogen and oxygen atoms in total. The summed E-state index contributed by atoms with van der Waals surface area (Å²) in [6, 6.07) is 8.68. The van der Waals surface area contributed by atoms with E-state index in [0.717, 1.165) is 4.47 Å². The SMILES string of the molecule is C=C1C(=O)N=C(n2nc(C)cc2NC(=O)c2cccc(Br)c2)N=C1C. The first-order chi connectivity index (χ1) is 11.8. The number of aryl methyl sites for hydroxylation is 1. The number of aliphatic imine (C=N–C) groups is 2. The van der Waals surface area contributed by atoms with E-state index in [0.29, 0.717) is 22.8 Å². The zero-order valence-corrected chi connectivity index (χ0v) is 15.2. The minimum absolute atomic E-state index is 0.0903. The van der Waals surface area contributed by atoms with Crippen LogP contribution >= 0.6 is 15.9 Å². The molecular formula is C17H14BrN5O2. The maximum atomic E-state index is 12.5. The van der Waals surface area contributed by atoms with Gasteiger partial charge in [-0.2, -0.15) is 14.8 Å². The molecule has 1 aliphatic heterocycles. The summed E-state index contributed by atoms with van der Waals surface area (Å²) in [4.78, 5) is 32.5. The molecule has 0 aliphatic carbocycles. The van der Waals surface area contributed by atoms with Crippen molar-refractivity contribution in [2.45, 2.75) is 13.8 Å². The number of anilines is 1. The highest BCUT2D eigenvalue weighted by Crippen LogP contribution is 2.17. The van der Waals surface area contributed by atoms with Gasteiger partial charge >= 0.3 is 0 Å². The summed E-state index contributed by atoms with van der Waals surface area (Å²) in [5.41, 5.74) is 1.84. The lowest BCUT2D eigenvalue weighted by atomic mass is 10.2. The number of halogens is 1. The van der Waals surface area contributed by atoms with Crippen molar-refractivity contribution in [3.63, 3.8) is 0 Å². The van der Waals surface area contributed by atoms with Crippen molar-refractivity contribution in [2.24, 2.45) is 9.98 Å². The molecule has 0 bridgehead atoms. The second-order valence-electron chi connectivity index (χ2n) is 5.44. The summed E-state index contributed by atoms with van der Waals surface area (Å²) in [7, 11) is 0. The highest BCUT2D eigenvalue weighted by Gasteiger charge is 2.21. The van der Waals surface area contributed by atoms with E-state index in [4.69, 9.17) is 0 Å². The van der Waals surface area contributed by atoms with E-state index in [1.54, 1.807) is 38.1 Å². The first-order valence-corrected chi connectivity index (χ1v) is 8.16. The van der Waals surface area contributed by atoms with Gasteiger partial charge in [0.2, 0.25) is 0 Å². The molecule has 0 atom stereocenters. The first kappa shape index (κ1) is 17.0. The summed E-state index contributed by atoms with van der Waals surface area (Å²) < 4.78 is 2.13. The van der Waals surface area contributed by atoms with Crippen molar-refractivity contribution in [3.8, 4) is 0 Å². The third kappa shape index (κ3) is 3.48. The smallest absolute Gasteiger partial charge is 0.281 e. The summed E-state index contributed by atoms with van der Waals surface area (Å²) >= 11 is 3.34. The van der Waals surface area contributed by atoms with E-state index in [1.807, 2.05) is 6.07 Å². The number of carbonyl (C=O) groups excluding carboxylic acids is 2. The summed E-state index contributed by atoms with van der Waals surface area (Å²) in [6.45, 7) is 7.08. The molecule has 2 amide bonds. The Labute approximate surface area is 152 Å². The van der Waals surface area contributed by atoms with Crippen LogP contribution < -0.4 is 5.32 Å². The van der Waals surface area contributed by atoms with Gasteiger partial charge in [0.25, 0.3) is 17.8 Å². The Hall–Kier alpha value is -2.87. The summed E-state index contributed by atoms with van der Waals surface area (Å²) in [6.07, 6.45) is 0. The number of hydrogen-bond donors (Lipinski definition) is 1. The molecule has 1 aromatic heterocycles. The average Bonchev–Trinajstić information content (AvgIpc) is 2.92. The monoisotopic (exact) mass is 399 g/mol.